The largest absolute Gasteiger partial charge is 0.438 e. The van der Waals surface area contributed by atoms with Crippen molar-refractivity contribution < 1.29 is 4.74 Å². The first-order valence-electron chi connectivity index (χ1n) is 7.17. The maximum atomic E-state index is 6.11. The van der Waals surface area contributed by atoms with E-state index in [1.54, 1.807) is 0 Å². The minimum atomic E-state index is 0.679. The van der Waals surface area contributed by atoms with E-state index in [-0.39, 0.29) is 0 Å². The number of para-hydroxylation sites is 1. The van der Waals surface area contributed by atoms with E-state index >= 15 is 0 Å². The summed E-state index contributed by atoms with van der Waals surface area (Å²) in [6, 6.07) is 10.1. The number of allylic oxidation sites excluding steroid dienone is 1. The van der Waals surface area contributed by atoms with Crippen molar-refractivity contribution in [3.63, 3.8) is 0 Å². The quantitative estimate of drug-likeness (QED) is 0.890. The highest BCUT2D eigenvalue weighted by atomic mass is 16.5. The standard InChI is InChI=1S/C18H22N2O/c1-5-8-15-9-6-7-10-17(15)21-18-16(12-19-4)13(2)11-14(3)20-18/h5-11,19H,12H2,1-4H3. The third-order valence-electron chi connectivity index (χ3n) is 3.26. The van der Waals surface area contributed by atoms with E-state index in [9.17, 15) is 0 Å². The molecule has 0 unspecified atom stereocenters. The van der Waals surface area contributed by atoms with Gasteiger partial charge in [-0.15, -0.1) is 0 Å². The molecule has 0 aliphatic rings. The summed E-state index contributed by atoms with van der Waals surface area (Å²) in [5.74, 6) is 1.50. The van der Waals surface area contributed by atoms with Crippen molar-refractivity contribution in [2.45, 2.75) is 27.3 Å². The maximum Gasteiger partial charge on any atom is 0.224 e. The highest BCUT2D eigenvalue weighted by Crippen LogP contribution is 2.29. The van der Waals surface area contributed by atoms with E-state index in [0.717, 1.165) is 29.1 Å². The zero-order chi connectivity index (χ0) is 15.2. The topological polar surface area (TPSA) is 34.1 Å². The predicted molar refractivity (Wildman–Crippen MR) is 87.7 cm³/mol. The fraction of sp³-hybridized carbons (Fsp3) is 0.278. The van der Waals surface area contributed by atoms with Gasteiger partial charge in [0.2, 0.25) is 5.88 Å². The number of nitrogens with zero attached hydrogens (tertiary/aromatic N) is 1. The summed E-state index contributed by atoms with van der Waals surface area (Å²) < 4.78 is 6.11. The Morgan fingerprint density at radius 2 is 2.00 bits per heavy atom. The molecule has 0 radical (unpaired) electrons. The minimum Gasteiger partial charge on any atom is -0.438 e. The molecule has 0 saturated heterocycles. The molecule has 1 aromatic heterocycles. The molecule has 0 aliphatic carbocycles. The van der Waals surface area contributed by atoms with Gasteiger partial charge >= 0.3 is 0 Å². The fourth-order valence-corrected chi connectivity index (χ4v) is 2.30. The molecular weight excluding hydrogens is 260 g/mol. The normalized spacial score (nSPS) is 11.0. The Kier molecular flexibility index (Phi) is 5.12. The van der Waals surface area contributed by atoms with Crippen LogP contribution in [0.2, 0.25) is 0 Å². The number of aromatic nitrogens is 1. The highest BCUT2D eigenvalue weighted by Gasteiger charge is 2.12. The molecule has 3 heteroatoms. The van der Waals surface area contributed by atoms with Crippen LogP contribution in [-0.4, -0.2) is 12.0 Å². The van der Waals surface area contributed by atoms with Crippen LogP contribution >= 0.6 is 0 Å². The third kappa shape index (κ3) is 3.70. The Hall–Kier alpha value is -2.13. The first-order chi connectivity index (χ1) is 10.2. The zero-order valence-corrected chi connectivity index (χ0v) is 13.1. The summed E-state index contributed by atoms with van der Waals surface area (Å²) in [6.07, 6.45) is 4.04. The van der Waals surface area contributed by atoms with E-state index in [0.29, 0.717) is 5.88 Å². The Morgan fingerprint density at radius 3 is 2.71 bits per heavy atom. The van der Waals surface area contributed by atoms with Crippen molar-refractivity contribution in [3.8, 4) is 11.6 Å². The van der Waals surface area contributed by atoms with E-state index in [4.69, 9.17) is 4.74 Å². The minimum absolute atomic E-state index is 0.679. The molecule has 0 saturated carbocycles. The molecule has 2 rings (SSSR count). The van der Waals surface area contributed by atoms with Crippen molar-refractivity contribution in [1.82, 2.24) is 10.3 Å². The van der Waals surface area contributed by atoms with Gasteiger partial charge in [-0.1, -0.05) is 30.4 Å². The van der Waals surface area contributed by atoms with Gasteiger partial charge in [-0.25, -0.2) is 4.98 Å². The molecule has 3 nitrogen and oxygen atoms in total. The van der Waals surface area contributed by atoms with Crippen LogP contribution in [0, 0.1) is 13.8 Å². The van der Waals surface area contributed by atoms with Crippen LogP contribution in [0.1, 0.15) is 29.3 Å². The van der Waals surface area contributed by atoms with Crippen molar-refractivity contribution in [3.05, 3.63) is 58.8 Å². The van der Waals surface area contributed by atoms with Crippen LogP contribution < -0.4 is 10.1 Å². The van der Waals surface area contributed by atoms with Crippen molar-refractivity contribution in [2.24, 2.45) is 0 Å². The van der Waals surface area contributed by atoms with Gasteiger partial charge in [0.1, 0.15) is 5.75 Å². The monoisotopic (exact) mass is 282 g/mol. The molecule has 0 spiro atoms. The van der Waals surface area contributed by atoms with Gasteiger partial charge in [0.05, 0.1) is 0 Å². The van der Waals surface area contributed by atoms with Gasteiger partial charge < -0.3 is 10.1 Å². The lowest BCUT2D eigenvalue weighted by molar-refractivity contribution is 0.451. The highest BCUT2D eigenvalue weighted by molar-refractivity contribution is 5.57. The van der Waals surface area contributed by atoms with Crippen LogP contribution in [0.25, 0.3) is 6.08 Å². The van der Waals surface area contributed by atoms with Crippen molar-refractivity contribution in [1.29, 1.82) is 0 Å². The van der Waals surface area contributed by atoms with Gasteiger partial charge in [0, 0.05) is 23.4 Å². The Balaban J connectivity index is 2.44. The average molecular weight is 282 g/mol. The lowest BCUT2D eigenvalue weighted by Crippen LogP contribution is -2.10. The first-order valence-corrected chi connectivity index (χ1v) is 7.17. The molecule has 0 atom stereocenters. The Bertz CT molecular complexity index is 648. The maximum absolute atomic E-state index is 6.11. The van der Waals surface area contributed by atoms with Crippen molar-refractivity contribution in [2.75, 3.05) is 7.05 Å². The number of benzene rings is 1. The van der Waals surface area contributed by atoms with E-state index in [2.05, 4.69) is 23.3 Å². The van der Waals surface area contributed by atoms with Gasteiger partial charge in [-0.2, -0.15) is 0 Å². The molecule has 110 valence electrons. The molecule has 1 aromatic carbocycles. The second-order valence-corrected chi connectivity index (χ2v) is 5.03. The number of ether oxygens (including phenoxy) is 1. The Morgan fingerprint density at radius 1 is 1.24 bits per heavy atom. The second-order valence-electron chi connectivity index (χ2n) is 5.03. The molecular formula is C18H22N2O. The number of rotatable bonds is 5. The molecule has 0 amide bonds. The fourth-order valence-electron chi connectivity index (χ4n) is 2.30. The lowest BCUT2D eigenvalue weighted by atomic mass is 10.1. The predicted octanol–water partition coefficient (Wildman–Crippen LogP) is 4.24. The molecule has 0 aliphatic heterocycles. The lowest BCUT2D eigenvalue weighted by Gasteiger charge is -2.14. The molecule has 0 fully saturated rings. The molecule has 1 heterocycles. The van der Waals surface area contributed by atoms with Crippen LogP contribution in [-0.2, 0) is 6.54 Å². The second kappa shape index (κ2) is 7.04. The Labute approximate surface area is 126 Å². The van der Waals surface area contributed by atoms with Crippen LogP contribution in [0.4, 0.5) is 0 Å². The number of hydrogen-bond donors (Lipinski definition) is 1. The van der Waals surface area contributed by atoms with Crippen molar-refractivity contribution >= 4 is 6.08 Å². The van der Waals surface area contributed by atoms with Crippen LogP contribution in [0.5, 0.6) is 11.6 Å². The molecule has 0 bridgehead atoms. The molecule has 2 aromatic rings. The summed E-state index contributed by atoms with van der Waals surface area (Å²) in [5, 5.41) is 3.18. The number of aryl methyl sites for hydroxylation is 2. The van der Waals surface area contributed by atoms with Crippen LogP contribution in [0.15, 0.2) is 36.4 Å². The van der Waals surface area contributed by atoms with Gasteiger partial charge in [0.25, 0.3) is 0 Å². The number of hydrogen-bond acceptors (Lipinski definition) is 3. The van der Waals surface area contributed by atoms with E-state index in [1.165, 1.54) is 5.56 Å². The zero-order valence-electron chi connectivity index (χ0n) is 13.1. The third-order valence-corrected chi connectivity index (χ3v) is 3.26. The van der Waals surface area contributed by atoms with Gasteiger partial charge in [-0.05, 0) is 45.5 Å². The molecule has 1 N–H and O–H groups in total. The number of pyridine rings is 1. The number of nitrogens with one attached hydrogen (secondary N) is 1. The summed E-state index contributed by atoms with van der Waals surface area (Å²) in [4.78, 5) is 4.56. The summed E-state index contributed by atoms with van der Waals surface area (Å²) in [7, 11) is 1.93. The van der Waals surface area contributed by atoms with E-state index < -0.39 is 0 Å². The summed E-state index contributed by atoms with van der Waals surface area (Å²) in [5.41, 5.74) is 4.30. The average Bonchev–Trinajstić information content (AvgIpc) is 2.45. The summed E-state index contributed by atoms with van der Waals surface area (Å²) in [6.45, 7) is 6.81. The molecule has 21 heavy (non-hydrogen) atoms. The first kappa shape index (κ1) is 15.3. The van der Waals surface area contributed by atoms with Crippen LogP contribution in [0.3, 0.4) is 0 Å². The SMILES string of the molecule is CC=Cc1ccccc1Oc1nc(C)cc(C)c1CNC. The van der Waals surface area contributed by atoms with Gasteiger partial charge in [-0.3, -0.25) is 0 Å². The van der Waals surface area contributed by atoms with E-state index in [1.807, 2.05) is 57.3 Å². The smallest absolute Gasteiger partial charge is 0.224 e. The van der Waals surface area contributed by atoms with Gasteiger partial charge in [0.15, 0.2) is 0 Å². The summed E-state index contributed by atoms with van der Waals surface area (Å²) >= 11 is 0.